The second-order valence-electron chi connectivity index (χ2n) is 9.39. The monoisotopic (exact) mass is 502 g/mol. The molecule has 0 unspecified atom stereocenters. The number of anilines is 1. The first-order chi connectivity index (χ1) is 18.7. The minimum Gasteiger partial charge on any atom is -0.419 e. The summed E-state index contributed by atoms with van der Waals surface area (Å²) in [5, 5.41) is 8.61. The highest BCUT2D eigenvalue weighted by Crippen LogP contribution is 2.34. The van der Waals surface area contributed by atoms with Crippen LogP contribution in [0.1, 0.15) is 28.1 Å². The number of fused-ring (bicyclic) bond motifs is 1. The van der Waals surface area contributed by atoms with Gasteiger partial charge in [-0.05, 0) is 28.3 Å². The zero-order chi connectivity index (χ0) is 25.9. The van der Waals surface area contributed by atoms with Crippen molar-refractivity contribution in [1.82, 2.24) is 15.2 Å². The Morgan fingerprint density at radius 1 is 1.03 bits per heavy atom. The Hall–Kier alpha value is -4.54. The van der Waals surface area contributed by atoms with Crippen LogP contribution in [0, 0.1) is 18.3 Å². The van der Waals surface area contributed by atoms with E-state index < -0.39 is 5.92 Å². The predicted molar refractivity (Wildman–Crippen MR) is 144 cm³/mol. The molecule has 0 bridgehead atoms. The quantitative estimate of drug-likeness (QED) is 0.375. The fraction of sp³-hybridized carbons (Fsp3) is 0.226. The highest BCUT2D eigenvalue weighted by Gasteiger charge is 2.27. The molecule has 3 heterocycles. The lowest BCUT2D eigenvalue weighted by atomic mass is 9.93. The van der Waals surface area contributed by atoms with Gasteiger partial charge in [-0.15, -0.1) is 16.6 Å². The average molecular weight is 503 g/mol. The molecular formula is C31H26N4O3. The predicted octanol–water partition coefficient (Wildman–Crippen LogP) is 4.37. The minimum atomic E-state index is -0.401. The number of benzene rings is 2. The SMILES string of the molecule is C#Cc1cnc(-c2nnc(C[C@H]3C=C(c4ccccc4)c4ccccc4CC3=O)o2)c(N2CCOCC2)c1. The molecule has 1 saturated heterocycles. The molecule has 38 heavy (non-hydrogen) atoms. The molecule has 1 aliphatic heterocycles. The van der Waals surface area contributed by atoms with Crippen LogP contribution in [0.25, 0.3) is 17.2 Å². The smallest absolute Gasteiger partial charge is 0.268 e. The number of aromatic nitrogens is 3. The lowest BCUT2D eigenvalue weighted by Gasteiger charge is -2.29. The second kappa shape index (κ2) is 10.4. The summed E-state index contributed by atoms with van der Waals surface area (Å²) in [5.41, 5.74) is 6.30. The van der Waals surface area contributed by atoms with Gasteiger partial charge in [-0.25, -0.2) is 4.98 Å². The van der Waals surface area contributed by atoms with Gasteiger partial charge in [0, 0.05) is 43.6 Å². The maximum atomic E-state index is 13.4. The zero-order valence-electron chi connectivity index (χ0n) is 20.8. The summed E-state index contributed by atoms with van der Waals surface area (Å²) in [6, 6.07) is 20.1. The van der Waals surface area contributed by atoms with Crippen LogP contribution in [0.5, 0.6) is 0 Å². The Labute approximate surface area is 221 Å². The van der Waals surface area contributed by atoms with Gasteiger partial charge in [-0.3, -0.25) is 4.79 Å². The van der Waals surface area contributed by atoms with Crippen LogP contribution in [-0.2, 0) is 22.4 Å². The van der Waals surface area contributed by atoms with E-state index in [1.807, 2.05) is 48.5 Å². The number of ether oxygens (including phenoxy) is 1. The molecule has 0 radical (unpaired) electrons. The highest BCUT2D eigenvalue weighted by molar-refractivity contribution is 5.94. The number of carbonyl (C=O) groups is 1. The van der Waals surface area contributed by atoms with E-state index in [-0.39, 0.29) is 5.78 Å². The maximum Gasteiger partial charge on any atom is 0.268 e. The largest absolute Gasteiger partial charge is 0.419 e. The first kappa shape index (κ1) is 23.8. The van der Waals surface area contributed by atoms with Crippen molar-refractivity contribution in [3.63, 3.8) is 0 Å². The number of hydrogen-bond acceptors (Lipinski definition) is 7. The van der Waals surface area contributed by atoms with E-state index in [4.69, 9.17) is 15.6 Å². The Morgan fingerprint density at radius 3 is 2.63 bits per heavy atom. The number of hydrogen-bond donors (Lipinski definition) is 0. The van der Waals surface area contributed by atoms with E-state index in [1.54, 1.807) is 6.20 Å². The van der Waals surface area contributed by atoms with Crippen LogP contribution < -0.4 is 4.90 Å². The van der Waals surface area contributed by atoms with Crippen molar-refractivity contribution >= 4 is 17.0 Å². The number of terminal acetylenes is 1. The minimum absolute atomic E-state index is 0.119. The molecule has 2 aromatic carbocycles. The van der Waals surface area contributed by atoms with Crippen molar-refractivity contribution < 1.29 is 13.9 Å². The van der Waals surface area contributed by atoms with Gasteiger partial charge in [0.25, 0.3) is 5.89 Å². The van der Waals surface area contributed by atoms with Gasteiger partial charge in [0.05, 0.1) is 18.9 Å². The highest BCUT2D eigenvalue weighted by atomic mass is 16.5. The molecule has 1 aliphatic carbocycles. The van der Waals surface area contributed by atoms with Gasteiger partial charge < -0.3 is 14.1 Å². The number of Topliss-reactive ketones (excluding diaryl/α,β-unsaturated/α-hetero) is 1. The van der Waals surface area contributed by atoms with Crippen LogP contribution >= 0.6 is 0 Å². The van der Waals surface area contributed by atoms with Gasteiger partial charge in [-0.2, -0.15) is 0 Å². The molecule has 1 fully saturated rings. The molecule has 188 valence electrons. The Morgan fingerprint density at radius 2 is 1.82 bits per heavy atom. The summed E-state index contributed by atoms with van der Waals surface area (Å²) in [6.07, 6.45) is 9.97. The van der Waals surface area contributed by atoms with Crippen LogP contribution in [0.15, 0.2) is 77.4 Å². The van der Waals surface area contributed by atoms with Crippen LogP contribution in [-0.4, -0.2) is 47.3 Å². The second-order valence-corrected chi connectivity index (χ2v) is 9.39. The lowest BCUT2D eigenvalue weighted by Crippen LogP contribution is -2.36. The molecule has 2 aliphatic rings. The molecule has 7 nitrogen and oxygen atoms in total. The van der Waals surface area contributed by atoms with E-state index in [1.165, 1.54) is 0 Å². The third-order valence-corrected chi connectivity index (χ3v) is 6.99. The average Bonchev–Trinajstić information content (AvgIpc) is 3.39. The van der Waals surface area contributed by atoms with Crippen LogP contribution in [0.4, 0.5) is 5.69 Å². The number of ketones is 1. The third kappa shape index (κ3) is 4.74. The van der Waals surface area contributed by atoms with Gasteiger partial charge in [0.2, 0.25) is 5.89 Å². The topological polar surface area (TPSA) is 81.3 Å². The summed E-state index contributed by atoms with van der Waals surface area (Å²) < 4.78 is 11.6. The molecule has 0 amide bonds. The van der Waals surface area contributed by atoms with Crippen molar-refractivity contribution in [1.29, 1.82) is 0 Å². The number of morpholine rings is 1. The van der Waals surface area contributed by atoms with Crippen molar-refractivity contribution in [3.8, 4) is 23.9 Å². The zero-order valence-corrected chi connectivity index (χ0v) is 20.8. The van der Waals surface area contributed by atoms with E-state index in [0.717, 1.165) is 28.0 Å². The molecule has 0 N–H and O–H groups in total. The Balaban J connectivity index is 1.33. The summed E-state index contributed by atoms with van der Waals surface area (Å²) in [5.74, 6) is 3.07. The number of nitrogens with zero attached hydrogens (tertiary/aromatic N) is 4. The number of rotatable bonds is 5. The fourth-order valence-electron chi connectivity index (χ4n) is 5.04. The number of carbonyl (C=O) groups excluding carboxylic acids is 1. The van der Waals surface area contributed by atoms with Crippen molar-refractivity contribution in [3.05, 3.63) is 101 Å². The fourth-order valence-corrected chi connectivity index (χ4v) is 5.04. The lowest BCUT2D eigenvalue weighted by molar-refractivity contribution is -0.120. The van der Waals surface area contributed by atoms with Crippen LogP contribution in [0.2, 0.25) is 0 Å². The molecule has 1 atom stereocenters. The van der Waals surface area contributed by atoms with Crippen molar-refractivity contribution in [2.45, 2.75) is 12.8 Å². The summed E-state index contributed by atoms with van der Waals surface area (Å²) >= 11 is 0. The van der Waals surface area contributed by atoms with Crippen molar-refractivity contribution in [2.24, 2.45) is 5.92 Å². The Bertz CT molecular complexity index is 1540. The van der Waals surface area contributed by atoms with E-state index >= 15 is 0 Å². The third-order valence-electron chi connectivity index (χ3n) is 6.99. The molecule has 6 rings (SSSR count). The molecule has 0 spiro atoms. The Kier molecular flexibility index (Phi) is 6.55. The molecule has 4 aromatic rings. The standard InChI is InChI=1S/C31H26N4O3/c1-2-21-16-27(35-12-14-37-15-13-35)30(32-20-21)31-34-33-29(38-31)19-24-17-26(22-8-4-3-5-9-22)25-11-7-6-10-23(25)18-28(24)36/h1,3-11,16-17,20,24H,12-15,18-19H2/t24-/m1/s1. The summed E-state index contributed by atoms with van der Waals surface area (Å²) in [4.78, 5) is 20.1. The van der Waals surface area contributed by atoms with E-state index in [9.17, 15) is 4.79 Å². The maximum absolute atomic E-state index is 13.4. The van der Waals surface area contributed by atoms with E-state index in [0.29, 0.717) is 62.2 Å². The first-order valence-electron chi connectivity index (χ1n) is 12.7. The summed E-state index contributed by atoms with van der Waals surface area (Å²) in [6.45, 7) is 2.68. The van der Waals surface area contributed by atoms with Gasteiger partial charge in [0.15, 0.2) is 5.69 Å². The normalized spacial score (nSPS) is 17.3. The number of pyridine rings is 1. The molecular weight excluding hydrogens is 476 g/mol. The van der Waals surface area contributed by atoms with Gasteiger partial charge in [-0.1, -0.05) is 66.6 Å². The van der Waals surface area contributed by atoms with Crippen LogP contribution in [0.3, 0.4) is 0 Å². The molecule has 2 aromatic heterocycles. The number of allylic oxidation sites excluding steroid dienone is 1. The molecule has 7 heteroatoms. The first-order valence-corrected chi connectivity index (χ1v) is 12.7. The van der Waals surface area contributed by atoms with Gasteiger partial charge >= 0.3 is 0 Å². The molecule has 0 saturated carbocycles. The van der Waals surface area contributed by atoms with Gasteiger partial charge in [0.1, 0.15) is 5.78 Å². The van der Waals surface area contributed by atoms with E-state index in [2.05, 4.69) is 44.2 Å². The summed E-state index contributed by atoms with van der Waals surface area (Å²) in [7, 11) is 0. The van der Waals surface area contributed by atoms with Crippen molar-refractivity contribution in [2.75, 3.05) is 31.2 Å².